The largest absolute Gasteiger partial charge is 0.523 e. The fraction of sp³-hybridized carbons (Fsp3) is 0.316. The highest BCUT2D eigenvalue weighted by molar-refractivity contribution is 7.25. The molecule has 1 unspecified atom stereocenters. The van der Waals surface area contributed by atoms with E-state index in [1.54, 1.807) is 57.2 Å². The molecule has 1 atom stereocenters. The SMILES string of the molecule is CCO.Cc1cc(OC(NCC(=O)O)(Oc2ccc(Cl)c(C)c2)[PH+]=O)ccc1Cl. The van der Waals surface area contributed by atoms with Gasteiger partial charge in [0.1, 0.15) is 18.0 Å². The summed E-state index contributed by atoms with van der Waals surface area (Å²) in [5.74, 6) is -0.517. The Hall–Kier alpha value is -1.89. The van der Waals surface area contributed by atoms with Gasteiger partial charge in [-0.05, 0) is 68.3 Å². The van der Waals surface area contributed by atoms with E-state index in [0.717, 1.165) is 11.1 Å². The van der Waals surface area contributed by atoms with Gasteiger partial charge < -0.3 is 19.7 Å². The van der Waals surface area contributed by atoms with Gasteiger partial charge in [0, 0.05) is 16.7 Å². The number of aliphatic carboxylic acids is 1. The minimum atomic E-state index is -1.89. The fourth-order valence-electron chi connectivity index (χ4n) is 2.06. The lowest BCUT2D eigenvalue weighted by Crippen LogP contribution is -2.52. The molecular formula is C19H23Cl2NO6P+. The first-order chi connectivity index (χ1) is 13.7. The average Bonchev–Trinajstić information content (AvgIpc) is 2.66. The van der Waals surface area contributed by atoms with Gasteiger partial charge in [-0.15, -0.1) is 0 Å². The van der Waals surface area contributed by atoms with Crippen molar-refractivity contribution in [2.75, 3.05) is 13.2 Å². The van der Waals surface area contributed by atoms with Crippen LogP contribution in [0.5, 0.6) is 11.5 Å². The first kappa shape index (κ1) is 25.1. The Kier molecular flexibility index (Phi) is 10.4. The van der Waals surface area contributed by atoms with Gasteiger partial charge in [-0.1, -0.05) is 27.8 Å². The van der Waals surface area contributed by atoms with Crippen LogP contribution < -0.4 is 14.8 Å². The third-order valence-corrected chi connectivity index (χ3v) is 4.89. The van der Waals surface area contributed by atoms with Crippen molar-refractivity contribution in [2.24, 2.45) is 0 Å². The van der Waals surface area contributed by atoms with Crippen LogP contribution in [0.2, 0.25) is 10.0 Å². The van der Waals surface area contributed by atoms with Gasteiger partial charge in [-0.3, -0.25) is 4.79 Å². The van der Waals surface area contributed by atoms with E-state index in [2.05, 4.69) is 5.32 Å². The highest BCUT2D eigenvalue weighted by Gasteiger charge is 2.46. The first-order valence-corrected chi connectivity index (χ1v) is 10.2. The summed E-state index contributed by atoms with van der Waals surface area (Å²) in [4.78, 5) is 11.0. The molecule has 0 aliphatic carbocycles. The van der Waals surface area contributed by atoms with Crippen molar-refractivity contribution in [3.8, 4) is 11.5 Å². The maximum absolute atomic E-state index is 11.9. The van der Waals surface area contributed by atoms with Gasteiger partial charge in [-0.2, -0.15) is 5.32 Å². The number of hydrogen-bond acceptors (Lipinski definition) is 6. The summed E-state index contributed by atoms with van der Waals surface area (Å²) in [7, 11) is -1.18. The van der Waals surface area contributed by atoms with E-state index in [-0.39, 0.29) is 6.61 Å². The van der Waals surface area contributed by atoms with E-state index in [1.807, 2.05) is 0 Å². The van der Waals surface area contributed by atoms with E-state index in [1.165, 1.54) is 0 Å². The average molecular weight is 463 g/mol. The number of carboxylic acid groups (broad SMARTS) is 1. The minimum Gasteiger partial charge on any atom is -0.480 e. The van der Waals surface area contributed by atoms with Crippen molar-refractivity contribution < 1.29 is 29.0 Å². The van der Waals surface area contributed by atoms with E-state index in [4.69, 9.17) is 42.9 Å². The van der Waals surface area contributed by atoms with Gasteiger partial charge in [0.2, 0.25) is 0 Å². The molecule has 0 saturated carbocycles. The summed E-state index contributed by atoms with van der Waals surface area (Å²) >= 11 is 12.0. The number of aliphatic hydroxyl groups excluding tert-OH is 1. The zero-order valence-electron chi connectivity index (χ0n) is 16.2. The second-order valence-corrected chi connectivity index (χ2v) is 7.49. The Bertz CT molecular complexity index is 796. The normalized spacial score (nSPS) is 10.8. The summed E-state index contributed by atoms with van der Waals surface area (Å²) in [6.45, 7) is 4.98. The molecule has 3 N–H and O–H groups in total. The van der Waals surface area contributed by atoms with Crippen LogP contribution in [0.25, 0.3) is 0 Å². The molecule has 0 fully saturated rings. The van der Waals surface area contributed by atoms with Crippen molar-refractivity contribution in [3.05, 3.63) is 57.6 Å². The van der Waals surface area contributed by atoms with Crippen LogP contribution >= 0.6 is 31.7 Å². The molecule has 10 heteroatoms. The number of aryl methyl sites for hydroxylation is 2. The van der Waals surface area contributed by atoms with Crippen LogP contribution in [-0.4, -0.2) is 35.0 Å². The maximum Gasteiger partial charge on any atom is 0.523 e. The summed E-state index contributed by atoms with van der Waals surface area (Å²) in [5, 5.41) is 20.1. The van der Waals surface area contributed by atoms with Crippen LogP contribution in [0.1, 0.15) is 18.1 Å². The number of carboxylic acids is 1. The van der Waals surface area contributed by atoms with Crippen LogP contribution in [0, 0.1) is 13.8 Å². The number of aliphatic hydroxyl groups is 1. The zero-order chi connectivity index (χ0) is 22.0. The van der Waals surface area contributed by atoms with E-state index in [0.29, 0.717) is 21.5 Å². The molecule has 0 aromatic heterocycles. The number of hydrogen-bond donors (Lipinski definition) is 3. The topological polar surface area (TPSA) is 105 Å². The van der Waals surface area contributed by atoms with Crippen LogP contribution in [0.3, 0.4) is 0 Å². The minimum absolute atomic E-state index is 0.250. The second-order valence-electron chi connectivity index (χ2n) is 5.81. The zero-order valence-corrected chi connectivity index (χ0v) is 18.7. The molecule has 2 aromatic carbocycles. The second kappa shape index (κ2) is 12.0. The lowest BCUT2D eigenvalue weighted by molar-refractivity contribution is -0.139. The van der Waals surface area contributed by atoms with Gasteiger partial charge >= 0.3 is 20.1 Å². The molecule has 2 aromatic rings. The highest BCUT2D eigenvalue weighted by atomic mass is 35.5. The molecule has 0 spiro atoms. The van der Waals surface area contributed by atoms with Crippen LogP contribution in [0.15, 0.2) is 36.4 Å². The summed E-state index contributed by atoms with van der Waals surface area (Å²) < 4.78 is 23.4. The number of rotatable bonds is 8. The molecule has 158 valence electrons. The van der Waals surface area contributed by atoms with Gasteiger partial charge in [0.25, 0.3) is 0 Å². The number of halogens is 2. The lowest BCUT2D eigenvalue weighted by Gasteiger charge is -2.23. The van der Waals surface area contributed by atoms with Crippen LogP contribution in [0.4, 0.5) is 0 Å². The van der Waals surface area contributed by atoms with Gasteiger partial charge in [0.15, 0.2) is 0 Å². The molecule has 0 aliphatic heterocycles. The third-order valence-electron chi connectivity index (χ3n) is 3.39. The number of ether oxygens (including phenoxy) is 2. The predicted molar refractivity (Wildman–Crippen MR) is 114 cm³/mol. The maximum atomic E-state index is 11.9. The molecule has 0 bridgehead atoms. The molecule has 0 saturated heterocycles. The quantitative estimate of drug-likeness (QED) is 0.394. The number of nitrogens with one attached hydrogen (secondary N) is 1. The third kappa shape index (κ3) is 8.17. The molecule has 29 heavy (non-hydrogen) atoms. The predicted octanol–water partition coefficient (Wildman–Crippen LogP) is 4.38. The summed E-state index contributed by atoms with van der Waals surface area (Å²) in [6.07, 6.45) is 0. The van der Waals surface area contributed by atoms with Gasteiger partial charge in [0.05, 0.1) is 0 Å². The molecule has 0 radical (unpaired) electrons. The van der Waals surface area contributed by atoms with Crippen molar-refractivity contribution in [2.45, 2.75) is 26.4 Å². The fourth-order valence-corrected chi connectivity index (χ4v) is 2.77. The Labute approximate surface area is 180 Å². The standard InChI is InChI=1S/C17H16Cl2NO5P.C2H6O/c1-10-7-12(3-5-14(10)18)24-17(26-23,20-9-16(21)22)25-13-4-6-15(19)11(2)8-13;1-2-3/h3-8,20H,9H2,1-2H3,(H,21,22);3H,2H2,1H3/p+1. The first-order valence-electron chi connectivity index (χ1n) is 8.53. The van der Waals surface area contributed by atoms with E-state index < -0.39 is 26.6 Å². The summed E-state index contributed by atoms with van der Waals surface area (Å²) in [5.41, 5.74) is -0.403. The number of benzene rings is 2. The highest BCUT2D eigenvalue weighted by Crippen LogP contribution is 2.32. The molecular weight excluding hydrogens is 440 g/mol. The Morgan fingerprint density at radius 3 is 1.79 bits per heavy atom. The number of carbonyl (C=O) groups is 1. The Morgan fingerprint density at radius 2 is 1.48 bits per heavy atom. The molecule has 2 rings (SSSR count). The van der Waals surface area contributed by atoms with E-state index in [9.17, 15) is 9.36 Å². The molecule has 0 aliphatic rings. The Morgan fingerprint density at radius 1 is 1.07 bits per heavy atom. The van der Waals surface area contributed by atoms with Crippen molar-refractivity contribution in [1.82, 2.24) is 5.32 Å². The van der Waals surface area contributed by atoms with Crippen molar-refractivity contribution >= 4 is 37.6 Å². The molecule has 7 nitrogen and oxygen atoms in total. The van der Waals surface area contributed by atoms with E-state index >= 15 is 0 Å². The molecule has 0 heterocycles. The monoisotopic (exact) mass is 462 g/mol. The lowest BCUT2D eigenvalue weighted by atomic mass is 10.2. The van der Waals surface area contributed by atoms with Gasteiger partial charge in [-0.25, -0.2) is 0 Å². The van der Waals surface area contributed by atoms with Crippen LogP contribution in [-0.2, 0) is 9.36 Å². The van der Waals surface area contributed by atoms with Crippen molar-refractivity contribution in [1.29, 1.82) is 0 Å². The van der Waals surface area contributed by atoms with Crippen molar-refractivity contribution in [3.63, 3.8) is 0 Å². The summed E-state index contributed by atoms with van der Waals surface area (Å²) in [6, 6.07) is 9.65. The smallest absolute Gasteiger partial charge is 0.480 e. The Balaban J connectivity index is 0.00000132. The molecule has 0 amide bonds.